The average molecular weight is 319 g/mol. The highest BCUT2D eigenvalue weighted by atomic mass is 32.1. The number of fused-ring (bicyclic) bond motifs is 1. The Bertz CT molecular complexity index is 653. The lowest BCUT2D eigenvalue weighted by Gasteiger charge is -2.18. The lowest BCUT2D eigenvalue weighted by Crippen LogP contribution is -2.27. The molecule has 0 aliphatic carbocycles. The fraction of sp³-hybridized carbons (Fsp3) is 0.412. The van der Waals surface area contributed by atoms with Crippen LogP contribution in [0.15, 0.2) is 24.3 Å². The Labute approximate surface area is 134 Å². The molecule has 5 heteroatoms. The fourth-order valence-corrected chi connectivity index (χ4v) is 3.62. The lowest BCUT2D eigenvalue weighted by molar-refractivity contribution is 0.199. The number of aryl methyl sites for hydroxylation is 1. The first-order valence-corrected chi connectivity index (χ1v) is 8.37. The third-order valence-electron chi connectivity index (χ3n) is 3.85. The van der Waals surface area contributed by atoms with E-state index in [1.54, 1.807) is 17.4 Å². The van der Waals surface area contributed by atoms with Gasteiger partial charge in [-0.15, -0.1) is 11.3 Å². The molecule has 0 amide bonds. The molecule has 0 atom stereocenters. The Balaban J connectivity index is 1.92. The smallest absolute Gasteiger partial charge is 0.165 e. The summed E-state index contributed by atoms with van der Waals surface area (Å²) in [6.07, 6.45) is 0.755. The normalized spacial score (nSPS) is 15.2. The van der Waals surface area contributed by atoms with Crippen LogP contribution in [0, 0.1) is 6.92 Å². The summed E-state index contributed by atoms with van der Waals surface area (Å²) in [7, 11) is 0. The number of phenols is 1. The van der Waals surface area contributed by atoms with Gasteiger partial charge < -0.3 is 14.9 Å². The van der Waals surface area contributed by atoms with Crippen LogP contribution in [0.25, 0.3) is 10.4 Å². The quantitative estimate of drug-likeness (QED) is 0.909. The van der Waals surface area contributed by atoms with Crippen molar-refractivity contribution in [2.24, 2.45) is 0 Å². The molecule has 1 aromatic carbocycles. The second-order valence-electron chi connectivity index (χ2n) is 5.60. The Hall–Kier alpha value is -1.56. The largest absolute Gasteiger partial charge is 0.504 e. The first-order chi connectivity index (χ1) is 10.7. The van der Waals surface area contributed by atoms with E-state index in [-0.39, 0.29) is 12.4 Å². The Morgan fingerprint density at radius 3 is 2.91 bits per heavy atom. The molecular weight excluding hydrogens is 298 g/mol. The molecule has 2 heterocycles. The van der Waals surface area contributed by atoms with E-state index in [0.717, 1.165) is 42.1 Å². The number of rotatable bonds is 4. The molecule has 1 aliphatic heterocycles. The van der Waals surface area contributed by atoms with Crippen molar-refractivity contribution in [3.63, 3.8) is 0 Å². The van der Waals surface area contributed by atoms with Crippen molar-refractivity contribution < 1.29 is 14.9 Å². The highest BCUT2D eigenvalue weighted by molar-refractivity contribution is 7.15. The van der Waals surface area contributed by atoms with Gasteiger partial charge in [0, 0.05) is 41.6 Å². The van der Waals surface area contributed by atoms with Crippen LogP contribution < -0.4 is 4.74 Å². The van der Waals surface area contributed by atoms with Crippen molar-refractivity contribution in [2.45, 2.75) is 19.9 Å². The van der Waals surface area contributed by atoms with Gasteiger partial charge in [0.25, 0.3) is 0 Å². The van der Waals surface area contributed by atoms with Crippen LogP contribution >= 0.6 is 11.3 Å². The van der Waals surface area contributed by atoms with Gasteiger partial charge in [-0.2, -0.15) is 0 Å². The number of nitrogens with zero attached hydrogens (tertiary/aromatic N) is 1. The number of aromatic hydroxyl groups is 1. The molecule has 0 bridgehead atoms. The second-order valence-corrected chi connectivity index (χ2v) is 6.88. The number of ether oxygens (including phenoxy) is 1. The van der Waals surface area contributed by atoms with E-state index in [1.165, 1.54) is 4.88 Å². The maximum absolute atomic E-state index is 10.3. The highest BCUT2D eigenvalue weighted by Gasteiger charge is 2.19. The summed E-state index contributed by atoms with van der Waals surface area (Å²) in [5, 5.41) is 19.3. The van der Waals surface area contributed by atoms with E-state index < -0.39 is 0 Å². The number of hydrogen-bond donors (Lipinski definition) is 2. The topological polar surface area (TPSA) is 52.9 Å². The molecule has 0 fully saturated rings. The molecule has 118 valence electrons. The van der Waals surface area contributed by atoms with Gasteiger partial charge in [0.05, 0.1) is 0 Å². The van der Waals surface area contributed by atoms with Crippen molar-refractivity contribution in [3.05, 3.63) is 34.7 Å². The van der Waals surface area contributed by atoms with Crippen molar-refractivity contribution in [1.29, 1.82) is 0 Å². The fourth-order valence-electron chi connectivity index (χ4n) is 2.77. The van der Waals surface area contributed by atoms with Crippen molar-refractivity contribution in [3.8, 4) is 21.9 Å². The van der Waals surface area contributed by atoms with Crippen LogP contribution in [0.2, 0.25) is 0 Å². The zero-order chi connectivity index (χ0) is 15.5. The number of thiophene rings is 1. The molecule has 0 unspecified atom stereocenters. The lowest BCUT2D eigenvalue weighted by atomic mass is 10.1. The van der Waals surface area contributed by atoms with Crippen LogP contribution in [0.4, 0.5) is 0 Å². The Morgan fingerprint density at radius 2 is 2.18 bits per heavy atom. The SMILES string of the molecule is Cc1ccc(-c2cc(O)c3c(c2)CN(CCCO)CCO3)s1. The van der Waals surface area contributed by atoms with Crippen LogP contribution in [-0.4, -0.2) is 41.4 Å². The summed E-state index contributed by atoms with van der Waals surface area (Å²) in [6, 6.07) is 8.07. The van der Waals surface area contributed by atoms with Crippen LogP contribution in [0.3, 0.4) is 0 Å². The van der Waals surface area contributed by atoms with E-state index in [0.29, 0.717) is 12.4 Å². The second kappa shape index (κ2) is 6.69. The number of aliphatic hydroxyl groups is 1. The maximum atomic E-state index is 10.3. The number of hydrogen-bond acceptors (Lipinski definition) is 5. The predicted molar refractivity (Wildman–Crippen MR) is 88.6 cm³/mol. The maximum Gasteiger partial charge on any atom is 0.165 e. The van der Waals surface area contributed by atoms with Crippen LogP contribution in [-0.2, 0) is 6.54 Å². The number of benzene rings is 1. The first kappa shape index (κ1) is 15.3. The van der Waals surface area contributed by atoms with Gasteiger partial charge in [-0.1, -0.05) is 0 Å². The summed E-state index contributed by atoms with van der Waals surface area (Å²) < 4.78 is 5.73. The summed E-state index contributed by atoms with van der Waals surface area (Å²) in [5.74, 6) is 0.811. The summed E-state index contributed by atoms with van der Waals surface area (Å²) in [5.41, 5.74) is 2.04. The van der Waals surface area contributed by atoms with Crippen LogP contribution in [0.5, 0.6) is 11.5 Å². The third-order valence-corrected chi connectivity index (χ3v) is 4.90. The molecule has 0 spiro atoms. The van der Waals surface area contributed by atoms with E-state index in [4.69, 9.17) is 9.84 Å². The minimum absolute atomic E-state index is 0.198. The Kier molecular flexibility index (Phi) is 4.66. The average Bonchev–Trinajstić information content (AvgIpc) is 2.81. The van der Waals surface area contributed by atoms with Gasteiger partial charge in [-0.05, 0) is 43.2 Å². The van der Waals surface area contributed by atoms with Gasteiger partial charge >= 0.3 is 0 Å². The van der Waals surface area contributed by atoms with E-state index in [2.05, 4.69) is 30.0 Å². The molecule has 1 aliphatic rings. The van der Waals surface area contributed by atoms with Crippen molar-refractivity contribution in [2.75, 3.05) is 26.3 Å². The van der Waals surface area contributed by atoms with Gasteiger partial charge in [-0.25, -0.2) is 0 Å². The van der Waals surface area contributed by atoms with Gasteiger partial charge in [0.1, 0.15) is 6.61 Å². The third kappa shape index (κ3) is 3.27. The van der Waals surface area contributed by atoms with Crippen molar-refractivity contribution >= 4 is 11.3 Å². The molecule has 0 saturated heterocycles. The summed E-state index contributed by atoms with van der Waals surface area (Å²) in [4.78, 5) is 4.66. The number of phenolic OH excluding ortho intramolecular Hbond substituents is 1. The first-order valence-electron chi connectivity index (χ1n) is 7.56. The van der Waals surface area contributed by atoms with Crippen molar-refractivity contribution in [1.82, 2.24) is 4.90 Å². The molecule has 0 saturated carbocycles. The van der Waals surface area contributed by atoms with Gasteiger partial charge in [-0.3, -0.25) is 4.90 Å². The van der Waals surface area contributed by atoms with Crippen LogP contribution in [0.1, 0.15) is 16.9 Å². The summed E-state index contributed by atoms with van der Waals surface area (Å²) >= 11 is 1.72. The van der Waals surface area contributed by atoms with Gasteiger partial charge in [0.15, 0.2) is 11.5 Å². The molecule has 3 rings (SSSR count). The molecule has 2 aromatic rings. The zero-order valence-corrected chi connectivity index (χ0v) is 13.5. The minimum atomic E-state index is 0.198. The minimum Gasteiger partial charge on any atom is -0.504 e. The zero-order valence-electron chi connectivity index (χ0n) is 12.7. The van der Waals surface area contributed by atoms with E-state index >= 15 is 0 Å². The summed E-state index contributed by atoms with van der Waals surface area (Å²) in [6.45, 7) is 5.22. The monoisotopic (exact) mass is 319 g/mol. The molecular formula is C17H21NO3S. The van der Waals surface area contributed by atoms with E-state index in [1.807, 2.05) is 0 Å². The standard InChI is InChI=1S/C17H21NO3S/c1-12-3-4-16(22-12)13-9-14-11-18(5-2-7-19)6-8-21-17(14)15(20)10-13/h3-4,9-10,19-20H,2,5-8,11H2,1H3. The molecule has 22 heavy (non-hydrogen) atoms. The van der Waals surface area contributed by atoms with Gasteiger partial charge in [0.2, 0.25) is 0 Å². The predicted octanol–water partition coefficient (Wildman–Crippen LogP) is 3.01. The molecule has 1 aromatic heterocycles. The number of aliphatic hydroxyl groups excluding tert-OH is 1. The molecule has 2 N–H and O–H groups in total. The Morgan fingerprint density at radius 1 is 1.32 bits per heavy atom. The molecule has 0 radical (unpaired) electrons. The van der Waals surface area contributed by atoms with E-state index in [9.17, 15) is 5.11 Å². The molecule has 4 nitrogen and oxygen atoms in total. The highest BCUT2D eigenvalue weighted by Crippen LogP contribution is 2.39.